The van der Waals surface area contributed by atoms with Gasteiger partial charge in [0.15, 0.2) is 0 Å². The number of benzene rings is 2. The van der Waals surface area contributed by atoms with Crippen LogP contribution in [0.3, 0.4) is 0 Å². The molecule has 4 rings (SSSR count). The van der Waals surface area contributed by atoms with E-state index < -0.39 is 0 Å². The molecule has 0 spiro atoms. The third kappa shape index (κ3) is 5.80. The van der Waals surface area contributed by atoms with Gasteiger partial charge in [0, 0.05) is 41.6 Å². The predicted octanol–water partition coefficient (Wildman–Crippen LogP) is 3.89. The monoisotopic (exact) mass is 478 g/mol. The third-order valence-corrected chi connectivity index (χ3v) is 6.97. The molecule has 7 nitrogen and oxygen atoms in total. The van der Waals surface area contributed by atoms with Crippen LogP contribution in [-0.4, -0.2) is 40.5 Å². The van der Waals surface area contributed by atoms with E-state index in [1.165, 1.54) is 10.5 Å². The zero-order chi connectivity index (χ0) is 24.0. The Morgan fingerprint density at radius 1 is 1.21 bits per heavy atom. The van der Waals surface area contributed by atoms with Crippen LogP contribution in [0.4, 0.5) is 0 Å². The highest BCUT2D eigenvalue weighted by Gasteiger charge is 2.37. The zero-order valence-electron chi connectivity index (χ0n) is 19.5. The van der Waals surface area contributed by atoms with Crippen molar-refractivity contribution < 1.29 is 14.3 Å². The molecule has 0 unspecified atom stereocenters. The number of hydrogen-bond donors (Lipinski definition) is 2. The summed E-state index contributed by atoms with van der Waals surface area (Å²) in [5, 5.41) is 10.5. The van der Waals surface area contributed by atoms with Crippen molar-refractivity contribution in [1.82, 2.24) is 20.4 Å². The Morgan fingerprint density at radius 3 is 2.71 bits per heavy atom. The SMILES string of the molecule is COc1ccccc1-n1cc(CNC(=O)CC[C@]2(Cc3ccc(SC)cc3)CCC(=O)N2)cn1. The minimum absolute atomic E-state index is 0.0386. The van der Waals surface area contributed by atoms with Crippen LogP contribution in [0.25, 0.3) is 5.69 Å². The Bertz CT molecular complexity index is 1140. The molecule has 1 fully saturated rings. The number of nitrogens with one attached hydrogen (secondary N) is 2. The van der Waals surface area contributed by atoms with Gasteiger partial charge in [0.05, 0.1) is 13.3 Å². The molecule has 3 aromatic rings. The molecule has 1 aliphatic heterocycles. The maximum Gasteiger partial charge on any atom is 0.220 e. The fraction of sp³-hybridized carbons (Fsp3) is 0.346. The van der Waals surface area contributed by atoms with Crippen LogP contribution in [0, 0.1) is 0 Å². The van der Waals surface area contributed by atoms with Crippen molar-refractivity contribution in [2.75, 3.05) is 13.4 Å². The number of thioether (sulfide) groups is 1. The van der Waals surface area contributed by atoms with Gasteiger partial charge in [-0.2, -0.15) is 5.10 Å². The molecule has 2 aromatic carbocycles. The Morgan fingerprint density at radius 2 is 2.00 bits per heavy atom. The molecule has 2 amide bonds. The van der Waals surface area contributed by atoms with E-state index in [-0.39, 0.29) is 17.4 Å². The first kappa shape index (κ1) is 23.9. The van der Waals surface area contributed by atoms with Crippen LogP contribution in [0.5, 0.6) is 5.75 Å². The minimum atomic E-state index is -0.371. The molecule has 8 heteroatoms. The number of rotatable bonds is 10. The normalized spacial score (nSPS) is 17.4. The van der Waals surface area contributed by atoms with E-state index in [0.29, 0.717) is 25.8 Å². The summed E-state index contributed by atoms with van der Waals surface area (Å²) in [4.78, 5) is 25.9. The molecule has 0 saturated carbocycles. The highest BCUT2D eigenvalue weighted by atomic mass is 32.2. The van der Waals surface area contributed by atoms with Gasteiger partial charge < -0.3 is 15.4 Å². The molecule has 178 valence electrons. The van der Waals surface area contributed by atoms with E-state index in [2.05, 4.69) is 46.3 Å². The minimum Gasteiger partial charge on any atom is -0.494 e. The second-order valence-corrected chi connectivity index (χ2v) is 9.47. The smallest absolute Gasteiger partial charge is 0.220 e. The van der Waals surface area contributed by atoms with Gasteiger partial charge in [-0.3, -0.25) is 9.59 Å². The average Bonchev–Trinajstić information content (AvgIpc) is 3.49. The first-order valence-corrected chi connectivity index (χ1v) is 12.6. The predicted molar refractivity (Wildman–Crippen MR) is 133 cm³/mol. The molecular weight excluding hydrogens is 448 g/mol. The number of amides is 2. The molecule has 2 heterocycles. The van der Waals surface area contributed by atoms with Crippen molar-refractivity contribution in [3.8, 4) is 11.4 Å². The Labute approximate surface area is 204 Å². The molecule has 0 radical (unpaired) electrons. The lowest BCUT2D eigenvalue weighted by molar-refractivity contribution is -0.122. The molecule has 1 saturated heterocycles. The Kier molecular flexibility index (Phi) is 7.57. The van der Waals surface area contributed by atoms with E-state index in [0.717, 1.165) is 29.8 Å². The van der Waals surface area contributed by atoms with Crippen LogP contribution in [0.1, 0.15) is 36.8 Å². The van der Waals surface area contributed by atoms with Gasteiger partial charge in [0.2, 0.25) is 11.8 Å². The number of carbonyl (C=O) groups excluding carboxylic acids is 2. The summed E-state index contributed by atoms with van der Waals surface area (Å²) in [5.41, 5.74) is 2.54. The average molecular weight is 479 g/mol. The molecule has 1 aromatic heterocycles. The number of hydrogen-bond acceptors (Lipinski definition) is 5. The van der Waals surface area contributed by atoms with E-state index in [1.54, 1.807) is 29.8 Å². The van der Waals surface area contributed by atoms with E-state index >= 15 is 0 Å². The quantitative estimate of drug-likeness (QED) is 0.432. The lowest BCUT2D eigenvalue weighted by Crippen LogP contribution is -2.44. The van der Waals surface area contributed by atoms with Gasteiger partial charge in [0.1, 0.15) is 11.4 Å². The molecule has 0 bridgehead atoms. The van der Waals surface area contributed by atoms with Crippen molar-refractivity contribution in [3.63, 3.8) is 0 Å². The lowest BCUT2D eigenvalue weighted by Gasteiger charge is -2.29. The topological polar surface area (TPSA) is 85.2 Å². The maximum atomic E-state index is 12.6. The van der Waals surface area contributed by atoms with Crippen LogP contribution >= 0.6 is 11.8 Å². The van der Waals surface area contributed by atoms with Gasteiger partial charge in [0.25, 0.3) is 0 Å². The number of para-hydroxylation sites is 2. The first-order valence-electron chi connectivity index (χ1n) is 11.4. The highest BCUT2D eigenvalue weighted by molar-refractivity contribution is 7.98. The number of nitrogens with zero attached hydrogens (tertiary/aromatic N) is 2. The summed E-state index contributed by atoms with van der Waals surface area (Å²) in [6, 6.07) is 16.1. The van der Waals surface area contributed by atoms with Crippen molar-refractivity contribution in [3.05, 3.63) is 72.1 Å². The zero-order valence-corrected chi connectivity index (χ0v) is 20.4. The van der Waals surface area contributed by atoms with Crippen LogP contribution in [0.2, 0.25) is 0 Å². The number of ether oxygens (including phenoxy) is 1. The molecule has 1 atom stereocenters. The van der Waals surface area contributed by atoms with Crippen LogP contribution < -0.4 is 15.4 Å². The second kappa shape index (κ2) is 10.8. The summed E-state index contributed by atoms with van der Waals surface area (Å²) in [7, 11) is 1.63. The number of carbonyl (C=O) groups is 2. The van der Waals surface area contributed by atoms with Gasteiger partial charge >= 0.3 is 0 Å². The summed E-state index contributed by atoms with van der Waals surface area (Å²) < 4.78 is 7.14. The fourth-order valence-electron chi connectivity index (χ4n) is 4.36. The molecule has 34 heavy (non-hydrogen) atoms. The van der Waals surface area contributed by atoms with Gasteiger partial charge in [-0.25, -0.2) is 4.68 Å². The highest BCUT2D eigenvalue weighted by Crippen LogP contribution is 2.30. The van der Waals surface area contributed by atoms with Gasteiger partial charge in [-0.05, 0) is 55.3 Å². The summed E-state index contributed by atoms with van der Waals surface area (Å²) >= 11 is 1.70. The lowest BCUT2D eigenvalue weighted by atomic mass is 9.85. The van der Waals surface area contributed by atoms with Gasteiger partial charge in [-0.15, -0.1) is 11.8 Å². The van der Waals surface area contributed by atoms with Gasteiger partial charge in [-0.1, -0.05) is 24.3 Å². The maximum absolute atomic E-state index is 12.6. The van der Waals surface area contributed by atoms with Crippen molar-refractivity contribution in [1.29, 1.82) is 0 Å². The van der Waals surface area contributed by atoms with Crippen LogP contribution in [0.15, 0.2) is 65.8 Å². The third-order valence-electron chi connectivity index (χ3n) is 6.23. The molecule has 0 aliphatic carbocycles. The molecule has 1 aliphatic rings. The summed E-state index contributed by atoms with van der Waals surface area (Å²) in [5.74, 6) is 0.751. The molecule has 2 N–H and O–H groups in total. The van der Waals surface area contributed by atoms with E-state index in [1.807, 2.05) is 30.5 Å². The van der Waals surface area contributed by atoms with Crippen molar-refractivity contribution >= 4 is 23.6 Å². The Hall–Kier alpha value is -3.26. The number of methoxy groups -OCH3 is 1. The van der Waals surface area contributed by atoms with Crippen molar-refractivity contribution in [2.24, 2.45) is 0 Å². The van der Waals surface area contributed by atoms with Crippen molar-refractivity contribution in [2.45, 2.75) is 49.1 Å². The summed E-state index contributed by atoms with van der Waals surface area (Å²) in [6.45, 7) is 0.392. The first-order chi connectivity index (χ1) is 16.5. The standard InChI is InChI=1S/C26H30N4O3S/c1-33-23-6-4-3-5-22(23)30-18-20(17-28-30)16-27-24(31)11-13-26(14-12-25(32)29-26)15-19-7-9-21(34-2)10-8-19/h3-10,17-18H,11-16H2,1-2H3,(H,27,31)(H,29,32)/t26-/m1/s1. The second-order valence-electron chi connectivity index (χ2n) is 8.60. The largest absolute Gasteiger partial charge is 0.494 e. The van der Waals surface area contributed by atoms with Crippen LogP contribution in [-0.2, 0) is 22.6 Å². The fourth-order valence-corrected chi connectivity index (χ4v) is 4.77. The Balaban J connectivity index is 1.33. The number of aromatic nitrogens is 2. The van der Waals surface area contributed by atoms with E-state index in [4.69, 9.17) is 4.74 Å². The van der Waals surface area contributed by atoms with E-state index in [9.17, 15) is 9.59 Å². The summed E-state index contributed by atoms with van der Waals surface area (Å²) in [6.07, 6.45) is 8.61. The molecular formula is C26H30N4O3S.